The maximum absolute atomic E-state index is 12.0. The van der Waals surface area contributed by atoms with Crippen molar-refractivity contribution in [2.24, 2.45) is 0 Å². The van der Waals surface area contributed by atoms with E-state index in [0.29, 0.717) is 0 Å². The van der Waals surface area contributed by atoms with Gasteiger partial charge >= 0.3 is 11.9 Å². The van der Waals surface area contributed by atoms with Crippen LogP contribution in [-0.4, -0.2) is 36.7 Å². The second kappa shape index (κ2) is 7.79. The van der Waals surface area contributed by atoms with Gasteiger partial charge in [0, 0.05) is 6.20 Å². The molecule has 0 saturated heterocycles. The van der Waals surface area contributed by atoms with Crippen LogP contribution in [0.15, 0.2) is 12.3 Å². The Bertz CT molecular complexity index is 533. The SMILES string of the molecule is C#CCOc1ccnc(C(=O)OCC)c1C(=O)OCC. The van der Waals surface area contributed by atoms with Crippen molar-refractivity contribution in [2.75, 3.05) is 19.8 Å². The molecule has 0 N–H and O–H groups in total. The molecule has 0 radical (unpaired) electrons. The topological polar surface area (TPSA) is 74.7 Å². The van der Waals surface area contributed by atoms with Crippen LogP contribution in [0.5, 0.6) is 5.75 Å². The van der Waals surface area contributed by atoms with Crippen molar-refractivity contribution in [3.63, 3.8) is 0 Å². The maximum atomic E-state index is 12.0. The molecule has 0 bridgehead atoms. The molecule has 1 heterocycles. The van der Waals surface area contributed by atoms with Crippen LogP contribution in [0.4, 0.5) is 0 Å². The summed E-state index contributed by atoms with van der Waals surface area (Å²) >= 11 is 0. The Balaban J connectivity index is 3.25. The minimum absolute atomic E-state index is 0.0430. The Labute approximate surface area is 117 Å². The number of hydrogen-bond acceptors (Lipinski definition) is 6. The fourth-order valence-electron chi connectivity index (χ4n) is 1.44. The van der Waals surface area contributed by atoms with Crippen molar-refractivity contribution in [1.29, 1.82) is 0 Å². The van der Waals surface area contributed by atoms with Gasteiger partial charge in [-0.3, -0.25) is 0 Å². The van der Waals surface area contributed by atoms with Crippen molar-refractivity contribution in [1.82, 2.24) is 4.98 Å². The van der Waals surface area contributed by atoms with Gasteiger partial charge in [0.25, 0.3) is 0 Å². The third-order valence-corrected chi connectivity index (χ3v) is 2.17. The quantitative estimate of drug-likeness (QED) is 0.578. The molecule has 0 unspecified atom stereocenters. The van der Waals surface area contributed by atoms with Crippen LogP contribution in [0.2, 0.25) is 0 Å². The molecule has 0 aliphatic heterocycles. The van der Waals surface area contributed by atoms with Gasteiger partial charge in [-0.05, 0) is 19.9 Å². The summed E-state index contributed by atoms with van der Waals surface area (Å²) in [6.07, 6.45) is 6.44. The second-order valence-electron chi connectivity index (χ2n) is 3.47. The molecule has 106 valence electrons. The highest BCUT2D eigenvalue weighted by Crippen LogP contribution is 2.22. The van der Waals surface area contributed by atoms with Crippen molar-refractivity contribution < 1.29 is 23.8 Å². The van der Waals surface area contributed by atoms with Gasteiger partial charge < -0.3 is 14.2 Å². The fourth-order valence-corrected chi connectivity index (χ4v) is 1.44. The highest BCUT2D eigenvalue weighted by molar-refractivity contribution is 6.03. The number of terminal acetylenes is 1. The molecule has 0 aromatic carbocycles. The van der Waals surface area contributed by atoms with Crippen LogP contribution in [0.1, 0.15) is 34.7 Å². The zero-order chi connectivity index (χ0) is 15.0. The molecule has 0 saturated carbocycles. The summed E-state index contributed by atoms with van der Waals surface area (Å²) < 4.78 is 15.0. The molecule has 0 atom stereocenters. The molecule has 20 heavy (non-hydrogen) atoms. The lowest BCUT2D eigenvalue weighted by Crippen LogP contribution is -2.17. The predicted octanol–water partition coefficient (Wildman–Crippen LogP) is 1.45. The summed E-state index contributed by atoms with van der Waals surface area (Å²) in [5.74, 6) is 0.983. The monoisotopic (exact) mass is 277 g/mol. The highest BCUT2D eigenvalue weighted by atomic mass is 16.5. The molecule has 1 aromatic rings. The normalized spacial score (nSPS) is 9.45. The van der Waals surface area contributed by atoms with Crippen molar-refractivity contribution in [3.8, 4) is 18.1 Å². The number of hydrogen-bond donors (Lipinski definition) is 0. The van der Waals surface area contributed by atoms with Crippen LogP contribution in [0, 0.1) is 12.3 Å². The largest absolute Gasteiger partial charge is 0.480 e. The number of carbonyl (C=O) groups is 2. The smallest absolute Gasteiger partial charge is 0.357 e. The Kier molecular flexibility index (Phi) is 6.04. The van der Waals surface area contributed by atoms with Gasteiger partial charge in [0.15, 0.2) is 5.69 Å². The average Bonchev–Trinajstić information content (AvgIpc) is 2.45. The minimum Gasteiger partial charge on any atom is -0.480 e. The summed E-state index contributed by atoms with van der Waals surface area (Å²) in [5, 5.41) is 0. The van der Waals surface area contributed by atoms with Crippen LogP contribution in [0.25, 0.3) is 0 Å². The van der Waals surface area contributed by atoms with E-state index in [4.69, 9.17) is 20.6 Å². The number of esters is 2. The summed E-state index contributed by atoms with van der Waals surface area (Å²) in [4.78, 5) is 27.6. The van der Waals surface area contributed by atoms with Gasteiger partial charge in [0.1, 0.15) is 17.9 Å². The number of pyridine rings is 1. The van der Waals surface area contributed by atoms with E-state index in [0.717, 1.165) is 0 Å². The van der Waals surface area contributed by atoms with Gasteiger partial charge in [-0.2, -0.15) is 0 Å². The first-order valence-corrected chi connectivity index (χ1v) is 6.05. The molecule has 0 spiro atoms. The molecule has 0 aliphatic carbocycles. The van der Waals surface area contributed by atoms with E-state index in [-0.39, 0.29) is 36.8 Å². The lowest BCUT2D eigenvalue weighted by Gasteiger charge is -2.12. The summed E-state index contributed by atoms with van der Waals surface area (Å²) in [5.41, 5.74) is -0.233. The first-order chi connectivity index (χ1) is 9.65. The number of aromatic nitrogens is 1. The van der Waals surface area contributed by atoms with Gasteiger partial charge in [0.05, 0.1) is 13.2 Å². The Morgan fingerprint density at radius 3 is 2.50 bits per heavy atom. The molecule has 0 amide bonds. The maximum Gasteiger partial charge on any atom is 0.357 e. The van der Waals surface area contributed by atoms with Crippen molar-refractivity contribution in [2.45, 2.75) is 13.8 Å². The fraction of sp³-hybridized carbons (Fsp3) is 0.357. The van der Waals surface area contributed by atoms with E-state index in [2.05, 4.69) is 10.9 Å². The second-order valence-corrected chi connectivity index (χ2v) is 3.47. The van der Waals surface area contributed by atoms with E-state index in [1.54, 1.807) is 13.8 Å². The molecule has 0 aliphatic rings. The predicted molar refractivity (Wildman–Crippen MR) is 70.5 cm³/mol. The number of carbonyl (C=O) groups excluding carboxylic acids is 2. The number of nitrogens with zero attached hydrogens (tertiary/aromatic N) is 1. The third kappa shape index (κ3) is 3.72. The van der Waals surface area contributed by atoms with E-state index >= 15 is 0 Å². The standard InChI is InChI=1S/C14H15NO5/c1-4-9-20-10-7-8-15-12(14(17)19-6-3)11(10)13(16)18-5-2/h1,7-8H,5-6,9H2,2-3H3. The van der Waals surface area contributed by atoms with Gasteiger partial charge in [-0.15, -0.1) is 6.42 Å². The molecule has 0 fully saturated rings. The Hall–Kier alpha value is -2.55. The van der Waals surface area contributed by atoms with Crippen LogP contribution < -0.4 is 4.74 Å². The van der Waals surface area contributed by atoms with Crippen LogP contribution in [-0.2, 0) is 9.47 Å². The van der Waals surface area contributed by atoms with Crippen molar-refractivity contribution >= 4 is 11.9 Å². The molecular weight excluding hydrogens is 262 g/mol. The molecular formula is C14H15NO5. The summed E-state index contributed by atoms with van der Waals surface area (Å²) in [6, 6.07) is 1.44. The number of ether oxygens (including phenoxy) is 3. The summed E-state index contributed by atoms with van der Waals surface area (Å²) in [7, 11) is 0. The van der Waals surface area contributed by atoms with Gasteiger partial charge in [0.2, 0.25) is 0 Å². The lowest BCUT2D eigenvalue weighted by molar-refractivity contribution is 0.0469. The van der Waals surface area contributed by atoms with Gasteiger partial charge in [-0.25, -0.2) is 14.6 Å². The lowest BCUT2D eigenvalue weighted by atomic mass is 10.1. The zero-order valence-corrected chi connectivity index (χ0v) is 11.3. The minimum atomic E-state index is -0.721. The molecule has 1 aromatic heterocycles. The van der Waals surface area contributed by atoms with E-state index in [1.807, 2.05) is 0 Å². The zero-order valence-electron chi connectivity index (χ0n) is 11.3. The highest BCUT2D eigenvalue weighted by Gasteiger charge is 2.25. The third-order valence-electron chi connectivity index (χ3n) is 2.17. The Morgan fingerprint density at radius 1 is 1.25 bits per heavy atom. The summed E-state index contributed by atoms with van der Waals surface area (Å²) in [6.45, 7) is 3.59. The van der Waals surface area contributed by atoms with Crippen LogP contribution >= 0.6 is 0 Å². The number of rotatable bonds is 6. The average molecular weight is 277 g/mol. The van der Waals surface area contributed by atoms with Crippen molar-refractivity contribution in [3.05, 3.63) is 23.5 Å². The first-order valence-electron chi connectivity index (χ1n) is 6.05. The van der Waals surface area contributed by atoms with E-state index in [1.165, 1.54) is 12.3 Å². The van der Waals surface area contributed by atoms with E-state index < -0.39 is 11.9 Å². The first kappa shape index (κ1) is 15.5. The van der Waals surface area contributed by atoms with Gasteiger partial charge in [-0.1, -0.05) is 5.92 Å². The van der Waals surface area contributed by atoms with Crippen LogP contribution in [0.3, 0.4) is 0 Å². The molecule has 6 nitrogen and oxygen atoms in total. The Morgan fingerprint density at radius 2 is 1.90 bits per heavy atom. The molecule has 1 rings (SSSR count). The van der Waals surface area contributed by atoms with E-state index in [9.17, 15) is 9.59 Å². The molecule has 6 heteroatoms.